The molecule has 1 N–H and O–H groups in total. The van der Waals surface area contributed by atoms with Gasteiger partial charge >= 0.3 is 0 Å². The van der Waals surface area contributed by atoms with Crippen LogP contribution in [0.2, 0.25) is 0 Å². The van der Waals surface area contributed by atoms with Crippen molar-refractivity contribution in [2.45, 2.75) is 43.5 Å². The van der Waals surface area contributed by atoms with Crippen LogP contribution in [0.15, 0.2) is 30.6 Å². The fourth-order valence-corrected chi connectivity index (χ4v) is 3.57. The van der Waals surface area contributed by atoms with Crippen molar-refractivity contribution >= 4 is 17.4 Å². The van der Waals surface area contributed by atoms with Gasteiger partial charge in [0.25, 0.3) is 0 Å². The molecule has 1 saturated carbocycles. The molecule has 0 unspecified atom stereocenters. The molecule has 0 spiro atoms. The molecule has 3 rings (SSSR count). The molecule has 2 aromatic rings. The van der Waals surface area contributed by atoms with Crippen molar-refractivity contribution in [2.75, 3.05) is 6.26 Å². The lowest BCUT2D eigenvalue weighted by Crippen LogP contribution is -2.33. The maximum absolute atomic E-state index is 4.62. The number of hydrogen-bond donors (Lipinski definition) is 1. The van der Waals surface area contributed by atoms with Gasteiger partial charge in [-0.1, -0.05) is 6.07 Å². The second-order valence-electron chi connectivity index (χ2n) is 5.29. The number of hydrogen-bond acceptors (Lipinski definition) is 3. The Balaban J connectivity index is 1.55. The first-order chi connectivity index (χ1) is 9.35. The number of nitrogens with zero attached hydrogens (tertiary/aromatic N) is 2. The van der Waals surface area contributed by atoms with Gasteiger partial charge in [0.15, 0.2) is 0 Å². The highest BCUT2D eigenvalue weighted by Crippen LogP contribution is 2.26. The Labute approximate surface area is 118 Å². The second kappa shape index (κ2) is 5.97. The molecule has 0 radical (unpaired) electrons. The van der Waals surface area contributed by atoms with E-state index in [1.165, 1.54) is 25.7 Å². The zero-order valence-electron chi connectivity index (χ0n) is 11.4. The summed E-state index contributed by atoms with van der Waals surface area (Å²) < 4.78 is 2.08. The SMILES string of the molecule is CSC1CCC(NCc2cn3ccccc3n2)CC1. The van der Waals surface area contributed by atoms with Crippen LogP contribution >= 0.6 is 11.8 Å². The second-order valence-corrected chi connectivity index (χ2v) is 6.43. The zero-order chi connectivity index (χ0) is 13.1. The van der Waals surface area contributed by atoms with Crippen LogP contribution in [0.4, 0.5) is 0 Å². The van der Waals surface area contributed by atoms with Gasteiger partial charge in [-0.2, -0.15) is 11.8 Å². The quantitative estimate of drug-likeness (QED) is 0.929. The number of imidazole rings is 1. The zero-order valence-corrected chi connectivity index (χ0v) is 12.2. The van der Waals surface area contributed by atoms with Crippen LogP contribution in [0.25, 0.3) is 5.65 Å². The number of rotatable bonds is 4. The molecule has 0 atom stereocenters. The van der Waals surface area contributed by atoms with Gasteiger partial charge in [-0.05, 0) is 44.1 Å². The summed E-state index contributed by atoms with van der Waals surface area (Å²) in [5.41, 5.74) is 2.17. The first-order valence-electron chi connectivity index (χ1n) is 7.04. The van der Waals surface area contributed by atoms with Gasteiger partial charge in [0.05, 0.1) is 5.69 Å². The molecule has 0 aliphatic heterocycles. The average Bonchev–Trinajstić information content (AvgIpc) is 2.88. The minimum absolute atomic E-state index is 0.674. The van der Waals surface area contributed by atoms with E-state index in [9.17, 15) is 0 Å². The number of thioether (sulfide) groups is 1. The molecule has 0 aromatic carbocycles. The number of aromatic nitrogens is 2. The van der Waals surface area contributed by atoms with E-state index in [4.69, 9.17) is 0 Å². The van der Waals surface area contributed by atoms with Crippen molar-refractivity contribution < 1.29 is 0 Å². The third kappa shape index (κ3) is 3.12. The van der Waals surface area contributed by atoms with Gasteiger partial charge in [-0.25, -0.2) is 4.98 Å². The smallest absolute Gasteiger partial charge is 0.137 e. The minimum atomic E-state index is 0.674. The Kier molecular flexibility index (Phi) is 4.09. The number of pyridine rings is 1. The normalized spacial score (nSPS) is 23.8. The molecule has 19 heavy (non-hydrogen) atoms. The molecule has 2 aromatic heterocycles. The Morgan fingerprint density at radius 3 is 2.89 bits per heavy atom. The first-order valence-corrected chi connectivity index (χ1v) is 8.33. The molecule has 1 fully saturated rings. The Bertz CT molecular complexity index is 496. The topological polar surface area (TPSA) is 29.3 Å². The van der Waals surface area contributed by atoms with E-state index in [-0.39, 0.29) is 0 Å². The van der Waals surface area contributed by atoms with Crippen LogP contribution in [-0.2, 0) is 6.54 Å². The monoisotopic (exact) mass is 275 g/mol. The highest BCUT2D eigenvalue weighted by molar-refractivity contribution is 7.99. The molecular formula is C15H21N3S. The van der Waals surface area contributed by atoms with Gasteiger partial charge in [-0.3, -0.25) is 0 Å². The minimum Gasteiger partial charge on any atom is -0.308 e. The van der Waals surface area contributed by atoms with Crippen LogP contribution in [-0.4, -0.2) is 26.9 Å². The summed E-state index contributed by atoms with van der Waals surface area (Å²) in [5.74, 6) is 0. The van der Waals surface area contributed by atoms with Gasteiger partial charge in [-0.15, -0.1) is 0 Å². The lowest BCUT2D eigenvalue weighted by atomic mass is 9.95. The van der Waals surface area contributed by atoms with E-state index in [2.05, 4.69) is 33.4 Å². The summed E-state index contributed by atoms with van der Waals surface area (Å²) >= 11 is 2.02. The van der Waals surface area contributed by atoms with Crippen LogP contribution in [0.5, 0.6) is 0 Å². The predicted molar refractivity (Wildman–Crippen MR) is 81.6 cm³/mol. The van der Waals surface area contributed by atoms with Crippen molar-refractivity contribution in [3.63, 3.8) is 0 Å². The Hall–Kier alpha value is -1.00. The molecule has 1 aliphatic rings. The third-order valence-electron chi connectivity index (χ3n) is 3.99. The third-order valence-corrected chi connectivity index (χ3v) is 5.13. The van der Waals surface area contributed by atoms with Gasteiger partial charge in [0.2, 0.25) is 0 Å². The molecule has 1 aliphatic carbocycles. The van der Waals surface area contributed by atoms with Crippen molar-refractivity contribution in [1.29, 1.82) is 0 Å². The summed E-state index contributed by atoms with van der Waals surface area (Å²) in [7, 11) is 0. The predicted octanol–water partition coefficient (Wildman–Crippen LogP) is 3.10. The van der Waals surface area contributed by atoms with E-state index in [1.807, 2.05) is 30.0 Å². The number of fused-ring (bicyclic) bond motifs is 1. The summed E-state index contributed by atoms with van der Waals surface area (Å²) in [6.45, 7) is 0.885. The largest absolute Gasteiger partial charge is 0.308 e. The van der Waals surface area contributed by atoms with Gasteiger partial charge < -0.3 is 9.72 Å². The van der Waals surface area contributed by atoms with Crippen molar-refractivity contribution in [3.8, 4) is 0 Å². The van der Waals surface area contributed by atoms with Crippen LogP contribution in [0, 0.1) is 0 Å². The Morgan fingerprint density at radius 2 is 2.16 bits per heavy atom. The average molecular weight is 275 g/mol. The Morgan fingerprint density at radius 1 is 1.32 bits per heavy atom. The summed E-state index contributed by atoms with van der Waals surface area (Å²) in [6, 6.07) is 6.79. The van der Waals surface area contributed by atoms with Crippen molar-refractivity contribution in [2.24, 2.45) is 0 Å². The molecule has 102 valence electrons. The first kappa shape index (κ1) is 13.0. The van der Waals surface area contributed by atoms with E-state index in [1.54, 1.807) is 0 Å². The van der Waals surface area contributed by atoms with Gasteiger partial charge in [0, 0.05) is 30.2 Å². The molecule has 0 amide bonds. The van der Waals surface area contributed by atoms with E-state index in [0.29, 0.717) is 6.04 Å². The highest BCUT2D eigenvalue weighted by Gasteiger charge is 2.19. The molecular weight excluding hydrogens is 254 g/mol. The number of nitrogens with one attached hydrogen (secondary N) is 1. The molecule has 0 bridgehead atoms. The van der Waals surface area contributed by atoms with Crippen molar-refractivity contribution in [1.82, 2.24) is 14.7 Å². The van der Waals surface area contributed by atoms with E-state index < -0.39 is 0 Å². The van der Waals surface area contributed by atoms with Crippen molar-refractivity contribution in [3.05, 3.63) is 36.3 Å². The van der Waals surface area contributed by atoms with E-state index in [0.717, 1.165) is 23.1 Å². The van der Waals surface area contributed by atoms with E-state index >= 15 is 0 Å². The van der Waals surface area contributed by atoms with Crippen LogP contribution in [0.3, 0.4) is 0 Å². The summed E-state index contributed by atoms with van der Waals surface area (Å²) in [5, 5.41) is 4.54. The summed E-state index contributed by atoms with van der Waals surface area (Å²) in [4.78, 5) is 4.62. The molecule has 0 saturated heterocycles. The lowest BCUT2D eigenvalue weighted by Gasteiger charge is -2.27. The summed E-state index contributed by atoms with van der Waals surface area (Å²) in [6.07, 6.45) is 11.7. The standard InChI is InChI=1S/C15H21N3S/c1-19-14-7-5-12(6-8-14)16-10-13-11-18-9-3-2-4-15(18)17-13/h2-4,9,11-12,14,16H,5-8,10H2,1H3. The van der Waals surface area contributed by atoms with Crippen LogP contribution in [0.1, 0.15) is 31.4 Å². The molecule has 3 nitrogen and oxygen atoms in total. The maximum Gasteiger partial charge on any atom is 0.137 e. The molecule has 4 heteroatoms. The highest BCUT2D eigenvalue weighted by atomic mass is 32.2. The lowest BCUT2D eigenvalue weighted by molar-refractivity contribution is 0.377. The fourth-order valence-electron chi connectivity index (χ4n) is 2.82. The fraction of sp³-hybridized carbons (Fsp3) is 0.533. The van der Waals surface area contributed by atoms with Crippen LogP contribution < -0.4 is 5.32 Å². The molecule has 2 heterocycles. The maximum atomic E-state index is 4.62. The van der Waals surface area contributed by atoms with Gasteiger partial charge in [0.1, 0.15) is 5.65 Å².